The predicted molar refractivity (Wildman–Crippen MR) is 65.9 cm³/mol. The van der Waals surface area contributed by atoms with Gasteiger partial charge in [0.25, 0.3) is 6.43 Å². The number of esters is 1. The van der Waals surface area contributed by atoms with Crippen LogP contribution in [-0.2, 0) is 10.1 Å². The number of hydrogen-bond acceptors (Lipinski definition) is 3. The van der Waals surface area contributed by atoms with Crippen molar-refractivity contribution in [3.8, 4) is 0 Å². The molecule has 0 aromatic carbocycles. The second-order valence-corrected chi connectivity index (χ2v) is 4.44. The van der Waals surface area contributed by atoms with Crippen molar-refractivity contribution in [1.82, 2.24) is 4.98 Å². The Balaban J connectivity index is 3.44. The maximum Gasteiger partial charge on any atom is 0.338 e. The average Bonchev–Trinajstić information content (AvgIpc) is 2.26. The molecule has 0 N–H and O–H groups in total. The standard InChI is InChI=1S/C9H7BrF2INO2/c1-16-9(15)4-2-6(13)14-5(3-10)7(4)8(11)12/h2,8H,3H2,1H3. The molecule has 0 saturated carbocycles. The number of aromatic nitrogens is 1. The largest absolute Gasteiger partial charge is 0.465 e. The van der Waals surface area contributed by atoms with Crippen LogP contribution in [-0.4, -0.2) is 18.1 Å². The van der Waals surface area contributed by atoms with Crippen molar-refractivity contribution in [1.29, 1.82) is 0 Å². The molecule has 1 heterocycles. The third-order valence-corrected chi connectivity index (χ3v) is 2.94. The highest BCUT2D eigenvalue weighted by Gasteiger charge is 2.24. The van der Waals surface area contributed by atoms with E-state index in [0.29, 0.717) is 3.70 Å². The molecular formula is C9H7BrF2INO2. The fourth-order valence-corrected chi connectivity index (χ4v) is 2.23. The summed E-state index contributed by atoms with van der Waals surface area (Å²) in [6, 6.07) is 1.29. The van der Waals surface area contributed by atoms with Gasteiger partial charge in [-0.25, -0.2) is 18.6 Å². The van der Waals surface area contributed by atoms with Crippen molar-refractivity contribution in [3.63, 3.8) is 0 Å². The van der Waals surface area contributed by atoms with Crippen LogP contribution in [0, 0.1) is 3.70 Å². The Morgan fingerprint density at radius 2 is 2.31 bits per heavy atom. The Bertz CT molecular complexity index is 415. The Morgan fingerprint density at radius 1 is 1.69 bits per heavy atom. The summed E-state index contributed by atoms with van der Waals surface area (Å²) in [5.41, 5.74) is -0.349. The van der Waals surface area contributed by atoms with Crippen molar-refractivity contribution >= 4 is 44.5 Å². The van der Waals surface area contributed by atoms with Gasteiger partial charge in [0, 0.05) is 5.33 Å². The van der Waals surface area contributed by atoms with E-state index in [1.165, 1.54) is 6.07 Å². The summed E-state index contributed by atoms with van der Waals surface area (Å²) in [5, 5.41) is 0.160. The molecule has 0 unspecified atom stereocenters. The smallest absolute Gasteiger partial charge is 0.338 e. The second-order valence-electron chi connectivity index (χ2n) is 2.78. The normalized spacial score (nSPS) is 10.6. The molecule has 1 aromatic heterocycles. The molecule has 0 aliphatic heterocycles. The monoisotopic (exact) mass is 405 g/mol. The SMILES string of the molecule is COC(=O)c1cc(I)nc(CBr)c1C(F)F. The minimum Gasteiger partial charge on any atom is -0.465 e. The van der Waals surface area contributed by atoms with Gasteiger partial charge in [-0.15, -0.1) is 0 Å². The van der Waals surface area contributed by atoms with Crippen LogP contribution in [0.3, 0.4) is 0 Å². The second kappa shape index (κ2) is 5.85. The highest BCUT2D eigenvalue weighted by molar-refractivity contribution is 14.1. The summed E-state index contributed by atoms with van der Waals surface area (Å²) in [5.74, 6) is -0.780. The zero-order valence-corrected chi connectivity index (χ0v) is 11.9. The first-order valence-electron chi connectivity index (χ1n) is 4.13. The molecule has 1 aromatic rings. The van der Waals surface area contributed by atoms with Crippen LogP contribution in [0.2, 0.25) is 0 Å². The van der Waals surface area contributed by atoms with Gasteiger partial charge in [-0.3, -0.25) is 0 Å². The van der Waals surface area contributed by atoms with Crippen molar-refractivity contribution in [2.45, 2.75) is 11.8 Å². The Hall–Kier alpha value is -0.310. The number of carbonyl (C=O) groups excluding carboxylic acids is 1. The molecule has 0 fully saturated rings. The van der Waals surface area contributed by atoms with E-state index in [4.69, 9.17) is 0 Å². The van der Waals surface area contributed by atoms with Crippen LogP contribution in [0.25, 0.3) is 0 Å². The molecule has 0 radical (unpaired) electrons. The third-order valence-electron chi connectivity index (χ3n) is 1.86. The molecule has 0 amide bonds. The predicted octanol–water partition coefficient (Wildman–Crippen LogP) is 3.31. The molecule has 0 aliphatic carbocycles. The lowest BCUT2D eigenvalue weighted by Gasteiger charge is -2.11. The maximum absolute atomic E-state index is 12.8. The Kier molecular flexibility index (Phi) is 5.03. The quantitative estimate of drug-likeness (QED) is 0.335. The van der Waals surface area contributed by atoms with Crippen LogP contribution in [0.4, 0.5) is 8.78 Å². The van der Waals surface area contributed by atoms with E-state index < -0.39 is 12.4 Å². The number of ether oxygens (including phenoxy) is 1. The molecule has 0 saturated heterocycles. The van der Waals surface area contributed by atoms with Gasteiger partial charge in [-0.1, -0.05) is 15.9 Å². The lowest BCUT2D eigenvalue weighted by atomic mass is 10.1. The first-order valence-corrected chi connectivity index (χ1v) is 6.33. The summed E-state index contributed by atoms with van der Waals surface area (Å²) < 4.78 is 30.6. The molecule has 1 rings (SSSR count). The first-order chi connectivity index (χ1) is 7.51. The van der Waals surface area contributed by atoms with E-state index in [9.17, 15) is 13.6 Å². The molecule has 0 aliphatic rings. The molecule has 7 heteroatoms. The van der Waals surface area contributed by atoms with Crippen molar-refractivity contribution in [2.75, 3.05) is 7.11 Å². The molecule has 0 atom stereocenters. The molecule has 16 heavy (non-hydrogen) atoms. The number of carbonyl (C=O) groups is 1. The van der Waals surface area contributed by atoms with Crippen LogP contribution < -0.4 is 0 Å². The lowest BCUT2D eigenvalue weighted by molar-refractivity contribution is 0.0588. The molecule has 0 bridgehead atoms. The fraction of sp³-hybridized carbons (Fsp3) is 0.333. The lowest BCUT2D eigenvalue weighted by Crippen LogP contribution is -2.11. The van der Waals surface area contributed by atoms with Gasteiger partial charge in [-0.2, -0.15) is 0 Å². The number of nitrogens with zero attached hydrogens (tertiary/aromatic N) is 1. The highest BCUT2D eigenvalue weighted by atomic mass is 127. The van der Waals surface area contributed by atoms with E-state index >= 15 is 0 Å². The number of rotatable bonds is 3. The van der Waals surface area contributed by atoms with Gasteiger partial charge in [0.2, 0.25) is 0 Å². The zero-order chi connectivity index (χ0) is 12.3. The molecular weight excluding hydrogens is 399 g/mol. The first kappa shape index (κ1) is 13.8. The Morgan fingerprint density at radius 3 is 2.75 bits per heavy atom. The van der Waals surface area contributed by atoms with Crippen molar-refractivity contribution in [2.24, 2.45) is 0 Å². The zero-order valence-electron chi connectivity index (χ0n) is 8.14. The summed E-state index contributed by atoms with van der Waals surface area (Å²) in [7, 11) is 1.15. The van der Waals surface area contributed by atoms with E-state index in [2.05, 4.69) is 25.7 Å². The van der Waals surface area contributed by atoms with Gasteiger partial charge < -0.3 is 4.74 Å². The van der Waals surface area contributed by atoms with E-state index in [-0.39, 0.29) is 22.2 Å². The number of alkyl halides is 3. The molecule has 0 spiro atoms. The summed E-state index contributed by atoms with van der Waals surface area (Å²) in [4.78, 5) is 15.3. The van der Waals surface area contributed by atoms with Gasteiger partial charge >= 0.3 is 5.97 Å². The number of pyridine rings is 1. The average molecular weight is 406 g/mol. The van der Waals surface area contributed by atoms with Gasteiger partial charge in [0.05, 0.1) is 23.9 Å². The minimum atomic E-state index is -2.76. The topological polar surface area (TPSA) is 39.2 Å². The van der Waals surface area contributed by atoms with Gasteiger partial charge in [-0.05, 0) is 28.7 Å². The van der Waals surface area contributed by atoms with Crippen LogP contribution in [0.5, 0.6) is 0 Å². The van der Waals surface area contributed by atoms with E-state index in [0.717, 1.165) is 7.11 Å². The maximum atomic E-state index is 12.8. The minimum absolute atomic E-state index is 0.133. The van der Waals surface area contributed by atoms with Gasteiger partial charge in [0.15, 0.2) is 0 Å². The fourth-order valence-electron chi connectivity index (χ4n) is 1.20. The number of methoxy groups -OCH3 is 1. The summed E-state index contributed by atoms with van der Waals surface area (Å²) in [6.07, 6.45) is -2.76. The van der Waals surface area contributed by atoms with Crippen LogP contribution in [0.1, 0.15) is 28.0 Å². The number of hydrogen-bond donors (Lipinski definition) is 0. The highest BCUT2D eigenvalue weighted by Crippen LogP contribution is 2.28. The Labute approximate surface area is 113 Å². The van der Waals surface area contributed by atoms with E-state index in [1.54, 1.807) is 0 Å². The van der Waals surface area contributed by atoms with Crippen molar-refractivity contribution < 1.29 is 18.3 Å². The third kappa shape index (κ3) is 2.88. The number of halogens is 4. The summed E-state index contributed by atoms with van der Waals surface area (Å²) in [6.45, 7) is 0. The van der Waals surface area contributed by atoms with Gasteiger partial charge in [0.1, 0.15) is 3.70 Å². The molecule has 88 valence electrons. The van der Waals surface area contributed by atoms with Crippen LogP contribution >= 0.6 is 38.5 Å². The van der Waals surface area contributed by atoms with Crippen molar-refractivity contribution in [3.05, 3.63) is 26.6 Å². The van der Waals surface area contributed by atoms with Crippen LogP contribution in [0.15, 0.2) is 6.07 Å². The summed E-state index contributed by atoms with van der Waals surface area (Å²) >= 11 is 4.92. The van der Waals surface area contributed by atoms with E-state index in [1.807, 2.05) is 22.6 Å². The molecule has 3 nitrogen and oxygen atoms in total.